The zero-order valence-corrected chi connectivity index (χ0v) is 15.2. The van der Waals surface area contributed by atoms with Gasteiger partial charge in [0.15, 0.2) is 0 Å². The predicted molar refractivity (Wildman–Crippen MR) is 91.8 cm³/mol. The molecule has 1 aliphatic rings. The van der Waals surface area contributed by atoms with Gasteiger partial charge in [-0.15, -0.1) is 12.4 Å². The van der Waals surface area contributed by atoms with Crippen LogP contribution in [0.5, 0.6) is 0 Å². The molecule has 1 fully saturated rings. The van der Waals surface area contributed by atoms with E-state index in [1.54, 1.807) is 0 Å². The van der Waals surface area contributed by atoms with E-state index >= 15 is 0 Å². The molecule has 0 radical (unpaired) electrons. The second-order valence-corrected chi connectivity index (χ2v) is 6.98. The zero-order valence-electron chi connectivity index (χ0n) is 13.7. The molecule has 2 rings (SSSR count). The molecule has 0 aliphatic carbocycles. The molecule has 24 heavy (non-hydrogen) atoms. The van der Waals surface area contributed by atoms with E-state index in [0.29, 0.717) is 5.56 Å². The van der Waals surface area contributed by atoms with E-state index in [9.17, 15) is 18.3 Å². The standard InChI is InChI=1S/C16H22ClF3N2O.ClH/c1-15(2,10-23)14(22-7-5-21-6-8-22)11-3-4-12(13(17)9-11)16(18,19)20;/h3-4,9,14,21,23H,5-8,10H2,1-2H3;1H/t14-;/m0./s1. The van der Waals surface area contributed by atoms with E-state index in [2.05, 4.69) is 10.2 Å². The van der Waals surface area contributed by atoms with Crippen molar-refractivity contribution in [1.82, 2.24) is 10.2 Å². The SMILES string of the molecule is CC(C)(CO)[C@H](c1ccc(C(F)(F)F)c(Cl)c1)N1CCNCC1.Cl. The Kier molecular flexibility index (Phi) is 7.38. The maximum atomic E-state index is 12.9. The van der Waals surface area contributed by atoms with Gasteiger partial charge in [-0.25, -0.2) is 0 Å². The molecule has 1 aromatic rings. The smallest absolute Gasteiger partial charge is 0.396 e. The van der Waals surface area contributed by atoms with Crippen molar-refractivity contribution in [2.24, 2.45) is 5.41 Å². The van der Waals surface area contributed by atoms with E-state index < -0.39 is 17.2 Å². The number of benzene rings is 1. The van der Waals surface area contributed by atoms with Gasteiger partial charge in [-0.1, -0.05) is 31.5 Å². The van der Waals surface area contributed by atoms with Gasteiger partial charge in [-0.05, 0) is 17.7 Å². The van der Waals surface area contributed by atoms with Crippen molar-refractivity contribution in [2.45, 2.75) is 26.1 Å². The van der Waals surface area contributed by atoms with Gasteiger partial charge in [0, 0.05) is 44.2 Å². The first-order valence-corrected chi connectivity index (χ1v) is 7.97. The molecule has 0 spiro atoms. The van der Waals surface area contributed by atoms with Crippen molar-refractivity contribution >= 4 is 24.0 Å². The first kappa shape index (κ1) is 21.5. The maximum Gasteiger partial charge on any atom is 0.417 e. The Morgan fingerprint density at radius 1 is 1.25 bits per heavy atom. The van der Waals surface area contributed by atoms with Gasteiger partial charge >= 0.3 is 6.18 Å². The fourth-order valence-corrected chi connectivity index (χ4v) is 3.41. The highest BCUT2D eigenvalue weighted by molar-refractivity contribution is 6.31. The highest BCUT2D eigenvalue weighted by atomic mass is 35.5. The first-order chi connectivity index (χ1) is 10.7. The van der Waals surface area contributed by atoms with Crippen molar-refractivity contribution in [3.8, 4) is 0 Å². The summed E-state index contributed by atoms with van der Waals surface area (Å²) >= 11 is 5.88. The van der Waals surface area contributed by atoms with Crippen LogP contribution in [0, 0.1) is 5.41 Å². The predicted octanol–water partition coefficient (Wildman–Crippen LogP) is 3.75. The summed E-state index contributed by atoms with van der Waals surface area (Å²) in [4.78, 5) is 2.19. The normalized spacial score (nSPS) is 18.1. The number of aliphatic hydroxyl groups excluding tert-OH is 1. The minimum Gasteiger partial charge on any atom is -0.396 e. The van der Waals surface area contributed by atoms with Crippen molar-refractivity contribution in [2.75, 3.05) is 32.8 Å². The average Bonchev–Trinajstić information content (AvgIpc) is 2.47. The molecule has 138 valence electrons. The number of alkyl halides is 3. The molecule has 0 aromatic heterocycles. The van der Waals surface area contributed by atoms with Crippen LogP contribution in [0.15, 0.2) is 18.2 Å². The number of halogens is 5. The third-order valence-electron chi connectivity index (χ3n) is 4.28. The lowest BCUT2D eigenvalue weighted by Crippen LogP contribution is -2.49. The van der Waals surface area contributed by atoms with Gasteiger partial charge in [0.25, 0.3) is 0 Å². The molecular weight excluding hydrogens is 364 g/mol. The van der Waals surface area contributed by atoms with Crippen molar-refractivity contribution in [3.05, 3.63) is 34.3 Å². The number of hydrogen-bond donors (Lipinski definition) is 2. The molecule has 1 atom stereocenters. The van der Waals surface area contributed by atoms with Crippen LogP contribution in [0.4, 0.5) is 13.2 Å². The molecule has 1 aromatic carbocycles. The van der Waals surface area contributed by atoms with E-state index in [4.69, 9.17) is 11.6 Å². The summed E-state index contributed by atoms with van der Waals surface area (Å²) in [6.07, 6.45) is -4.47. The van der Waals surface area contributed by atoms with Crippen molar-refractivity contribution in [3.63, 3.8) is 0 Å². The minimum absolute atomic E-state index is 0. The topological polar surface area (TPSA) is 35.5 Å². The summed E-state index contributed by atoms with van der Waals surface area (Å²) in [6.45, 7) is 6.91. The van der Waals surface area contributed by atoms with Crippen LogP contribution in [0.3, 0.4) is 0 Å². The molecule has 0 saturated carbocycles. The number of nitrogens with zero attached hydrogens (tertiary/aromatic N) is 1. The summed E-state index contributed by atoms with van der Waals surface area (Å²) in [6, 6.07) is 3.68. The number of aliphatic hydroxyl groups is 1. The Bertz CT molecular complexity index is 547. The van der Waals surface area contributed by atoms with Gasteiger partial charge in [0.05, 0.1) is 10.6 Å². The molecule has 1 saturated heterocycles. The highest BCUT2D eigenvalue weighted by Gasteiger charge is 2.38. The zero-order chi connectivity index (χ0) is 17.3. The second kappa shape index (κ2) is 8.23. The first-order valence-electron chi connectivity index (χ1n) is 7.59. The summed E-state index contributed by atoms with van der Waals surface area (Å²) in [7, 11) is 0. The summed E-state index contributed by atoms with van der Waals surface area (Å²) < 4.78 is 38.7. The summed E-state index contributed by atoms with van der Waals surface area (Å²) in [5, 5.41) is 12.7. The van der Waals surface area contributed by atoms with Crippen LogP contribution in [-0.2, 0) is 6.18 Å². The summed E-state index contributed by atoms with van der Waals surface area (Å²) in [5.74, 6) is 0. The largest absolute Gasteiger partial charge is 0.417 e. The molecule has 0 amide bonds. The fourth-order valence-electron chi connectivity index (χ4n) is 3.11. The van der Waals surface area contributed by atoms with E-state index in [1.807, 2.05) is 13.8 Å². The lowest BCUT2D eigenvalue weighted by molar-refractivity contribution is -0.137. The Morgan fingerprint density at radius 2 is 1.83 bits per heavy atom. The molecule has 1 aliphatic heterocycles. The third-order valence-corrected chi connectivity index (χ3v) is 4.59. The average molecular weight is 387 g/mol. The fraction of sp³-hybridized carbons (Fsp3) is 0.625. The molecule has 0 unspecified atom stereocenters. The minimum atomic E-state index is -4.47. The molecule has 0 bridgehead atoms. The van der Waals surface area contributed by atoms with Gasteiger partial charge < -0.3 is 10.4 Å². The summed E-state index contributed by atoms with van der Waals surface area (Å²) in [5.41, 5.74) is -0.631. The lowest BCUT2D eigenvalue weighted by atomic mass is 9.79. The lowest BCUT2D eigenvalue weighted by Gasteiger charge is -2.43. The Morgan fingerprint density at radius 3 is 2.29 bits per heavy atom. The Balaban J connectivity index is 0.00000288. The number of nitrogens with one attached hydrogen (secondary N) is 1. The second-order valence-electron chi connectivity index (χ2n) is 6.57. The van der Waals surface area contributed by atoms with Crippen LogP contribution in [0.2, 0.25) is 5.02 Å². The van der Waals surface area contributed by atoms with Gasteiger partial charge in [-0.3, -0.25) is 4.90 Å². The van der Waals surface area contributed by atoms with E-state index in [1.165, 1.54) is 12.1 Å². The molecular formula is C16H23Cl2F3N2O. The van der Waals surface area contributed by atoms with Gasteiger partial charge in [0.1, 0.15) is 0 Å². The highest BCUT2D eigenvalue weighted by Crippen LogP contribution is 2.41. The van der Waals surface area contributed by atoms with Gasteiger partial charge in [-0.2, -0.15) is 13.2 Å². The molecule has 8 heteroatoms. The van der Waals surface area contributed by atoms with Gasteiger partial charge in [0.2, 0.25) is 0 Å². The monoisotopic (exact) mass is 386 g/mol. The van der Waals surface area contributed by atoms with Crippen molar-refractivity contribution < 1.29 is 18.3 Å². The van der Waals surface area contributed by atoms with Crippen LogP contribution >= 0.6 is 24.0 Å². The van der Waals surface area contributed by atoms with Crippen LogP contribution in [0.1, 0.15) is 31.0 Å². The van der Waals surface area contributed by atoms with E-state index in [0.717, 1.165) is 32.2 Å². The Hall–Kier alpha value is -0.530. The molecule has 3 nitrogen and oxygen atoms in total. The van der Waals surface area contributed by atoms with Crippen LogP contribution < -0.4 is 5.32 Å². The number of piperazine rings is 1. The maximum absolute atomic E-state index is 12.9. The third kappa shape index (κ3) is 4.76. The van der Waals surface area contributed by atoms with Crippen LogP contribution in [-0.4, -0.2) is 42.8 Å². The molecule has 2 N–H and O–H groups in total. The quantitative estimate of drug-likeness (QED) is 0.826. The van der Waals surface area contributed by atoms with Crippen LogP contribution in [0.25, 0.3) is 0 Å². The Labute approximate surface area is 151 Å². The molecule has 1 heterocycles. The number of rotatable bonds is 4. The van der Waals surface area contributed by atoms with E-state index in [-0.39, 0.29) is 30.1 Å². The van der Waals surface area contributed by atoms with Crippen molar-refractivity contribution in [1.29, 1.82) is 0 Å². The number of hydrogen-bond acceptors (Lipinski definition) is 3.